The molecule has 3 aromatic carbocycles. The van der Waals surface area contributed by atoms with E-state index in [-0.39, 0.29) is 30.7 Å². The van der Waals surface area contributed by atoms with Crippen LogP contribution >= 0.6 is 23.2 Å². The summed E-state index contributed by atoms with van der Waals surface area (Å²) in [4.78, 5) is 29.1. The van der Waals surface area contributed by atoms with Crippen molar-refractivity contribution in [1.82, 2.24) is 10.2 Å². The first-order chi connectivity index (χ1) is 18.2. The molecule has 0 aliphatic carbocycles. The molecule has 3 rings (SSSR count). The van der Waals surface area contributed by atoms with Crippen molar-refractivity contribution >= 4 is 35.0 Å². The van der Waals surface area contributed by atoms with Crippen molar-refractivity contribution in [3.8, 4) is 0 Å². The molecule has 0 fully saturated rings. The molecule has 38 heavy (non-hydrogen) atoms. The number of carbonyl (C=O) groups excluding carboxylic acids is 2. The number of nitrogens with zero attached hydrogens (tertiary/aromatic N) is 1. The zero-order chi connectivity index (χ0) is 27.7. The molecular formula is C32H38Cl2N2O2. The van der Waals surface area contributed by atoms with E-state index in [9.17, 15) is 9.59 Å². The van der Waals surface area contributed by atoms with Crippen molar-refractivity contribution in [2.45, 2.75) is 65.5 Å². The predicted molar refractivity (Wildman–Crippen MR) is 158 cm³/mol. The smallest absolute Gasteiger partial charge is 0.243 e. The molecule has 2 amide bonds. The van der Waals surface area contributed by atoms with Gasteiger partial charge >= 0.3 is 0 Å². The Balaban J connectivity index is 1.92. The Kier molecular flexibility index (Phi) is 11.2. The molecule has 0 saturated heterocycles. The van der Waals surface area contributed by atoms with Crippen LogP contribution in [-0.4, -0.2) is 29.3 Å². The highest BCUT2D eigenvalue weighted by atomic mass is 35.5. The van der Waals surface area contributed by atoms with Gasteiger partial charge in [0.05, 0.1) is 0 Å². The quantitative estimate of drug-likeness (QED) is 0.253. The number of carbonyl (C=O) groups is 2. The van der Waals surface area contributed by atoms with E-state index < -0.39 is 6.04 Å². The van der Waals surface area contributed by atoms with Crippen molar-refractivity contribution < 1.29 is 9.59 Å². The molecule has 202 valence electrons. The van der Waals surface area contributed by atoms with Crippen LogP contribution in [-0.2, 0) is 29.0 Å². The predicted octanol–water partition coefficient (Wildman–Crippen LogP) is 7.46. The Labute approximate surface area is 237 Å². The van der Waals surface area contributed by atoms with Crippen molar-refractivity contribution in [2.75, 3.05) is 6.54 Å². The number of halogens is 2. The van der Waals surface area contributed by atoms with E-state index in [0.29, 0.717) is 40.9 Å². The minimum Gasteiger partial charge on any atom is -0.354 e. The molecule has 6 heteroatoms. The van der Waals surface area contributed by atoms with E-state index in [4.69, 9.17) is 23.2 Å². The van der Waals surface area contributed by atoms with Crippen LogP contribution in [0.4, 0.5) is 0 Å². The Bertz CT molecular complexity index is 1170. The van der Waals surface area contributed by atoms with Gasteiger partial charge in [-0.05, 0) is 47.1 Å². The van der Waals surface area contributed by atoms with Gasteiger partial charge in [0.2, 0.25) is 11.8 Å². The third-order valence-electron chi connectivity index (χ3n) is 6.62. The van der Waals surface area contributed by atoms with Crippen molar-refractivity contribution in [1.29, 1.82) is 0 Å². The van der Waals surface area contributed by atoms with Crippen LogP contribution in [0.5, 0.6) is 0 Å². The number of rotatable bonds is 12. The van der Waals surface area contributed by atoms with Gasteiger partial charge in [0.15, 0.2) is 0 Å². The molecule has 0 saturated carbocycles. The Morgan fingerprint density at radius 3 is 2.03 bits per heavy atom. The average Bonchev–Trinajstić information content (AvgIpc) is 2.90. The Morgan fingerprint density at radius 2 is 1.45 bits per heavy atom. The van der Waals surface area contributed by atoms with E-state index >= 15 is 0 Å². The lowest BCUT2D eigenvalue weighted by molar-refractivity contribution is -0.141. The Morgan fingerprint density at radius 1 is 0.816 bits per heavy atom. The van der Waals surface area contributed by atoms with E-state index in [1.807, 2.05) is 44.2 Å². The first-order valence-corrected chi connectivity index (χ1v) is 14.0. The van der Waals surface area contributed by atoms with Crippen molar-refractivity contribution in [3.63, 3.8) is 0 Å². The van der Waals surface area contributed by atoms with Crippen LogP contribution in [0.15, 0.2) is 72.8 Å². The van der Waals surface area contributed by atoms with E-state index in [1.54, 1.807) is 23.1 Å². The van der Waals surface area contributed by atoms with Crippen LogP contribution in [0.2, 0.25) is 10.0 Å². The lowest BCUT2D eigenvalue weighted by Crippen LogP contribution is -2.51. The zero-order valence-corrected chi connectivity index (χ0v) is 24.2. The summed E-state index contributed by atoms with van der Waals surface area (Å²) in [6.45, 7) is 9.09. The van der Waals surface area contributed by atoms with Gasteiger partial charge in [-0.15, -0.1) is 0 Å². The largest absolute Gasteiger partial charge is 0.354 e. The Hall–Kier alpha value is -2.82. The number of benzene rings is 3. The van der Waals surface area contributed by atoms with Gasteiger partial charge in [-0.25, -0.2) is 0 Å². The fourth-order valence-corrected chi connectivity index (χ4v) is 4.81. The summed E-state index contributed by atoms with van der Waals surface area (Å²) >= 11 is 13.0. The van der Waals surface area contributed by atoms with Gasteiger partial charge in [-0.3, -0.25) is 9.59 Å². The van der Waals surface area contributed by atoms with Gasteiger partial charge in [-0.2, -0.15) is 0 Å². The lowest BCUT2D eigenvalue weighted by Gasteiger charge is -2.32. The first-order valence-electron chi connectivity index (χ1n) is 13.3. The molecule has 0 unspecified atom stereocenters. The molecule has 0 aliphatic heterocycles. The number of aryl methyl sites for hydroxylation is 1. The van der Waals surface area contributed by atoms with Crippen LogP contribution in [0.3, 0.4) is 0 Å². The summed E-state index contributed by atoms with van der Waals surface area (Å²) < 4.78 is 0. The molecule has 0 aromatic heterocycles. The van der Waals surface area contributed by atoms with E-state index in [1.165, 1.54) is 5.56 Å². The molecule has 1 N–H and O–H groups in total. The summed E-state index contributed by atoms with van der Waals surface area (Å²) in [5, 5.41) is 3.99. The van der Waals surface area contributed by atoms with Gasteiger partial charge in [0.1, 0.15) is 6.04 Å². The highest BCUT2D eigenvalue weighted by Crippen LogP contribution is 2.28. The molecule has 0 bridgehead atoms. The topological polar surface area (TPSA) is 49.4 Å². The van der Waals surface area contributed by atoms with Gasteiger partial charge in [0, 0.05) is 41.5 Å². The third-order valence-corrected chi connectivity index (χ3v) is 7.33. The maximum Gasteiger partial charge on any atom is 0.243 e. The second-order valence-corrected chi connectivity index (χ2v) is 11.3. The van der Waals surface area contributed by atoms with E-state index in [2.05, 4.69) is 43.4 Å². The number of nitrogens with one attached hydrogen (secondary N) is 1. The van der Waals surface area contributed by atoms with Crippen LogP contribution in [0.1, 0.15) is 62.3 Å². The zero-order valence-electron chi connectivity index (χ0n) is 22.7. The molecule has 0 heterocycles. The summed E-state index contributed by atoms with van der Waals surface area (Å²) in [5.41, 5.74) is 3.96. The van der Waals surface area contributed by atoms with Crippen LogP contribution in [0, 0.1) is 5.92 Å². The number of amides is 2. The molecule has 0 radical (unpaired) electrons. The SMILES string of the molecule is CC(C)CNC(=O)[C@@H](Cc1ccccc1)N(Cc1c(Cl)cccc1Cl)C(=O)CCc1ccc(C(C)C)cc1. The molecule has 1 atom stereocenters. The summed E-state index contributed by atoms with van der Waals surface area (Å²) in [5.74, 6) is 0.437. The van der Waals surface area contributed by atoms with E-state index in [0.717, 1.165) is 11.1 Å². The first kappa shape index (κ1) is 29.7. The van der Waals surface area contributed by atoms with Gasteiger partial charge in [-0.1, -0.05) is 112 Å². The number of hydrogen-bond acceptors (Lipinski definition) is 2. The maximum absolute atomic E-state index is 13.9. The molecule has 0 aliphatic rings. The molecule has 4 nitrogen and oxygen atoms in total. The highest BCUT2D eigenvalue weighted by molar-refractivity contribution is 6.36. The van der Waals surface area contributed by atoms with Crippen molar-refractivity contribution in [3.05, 3.63) is 105 Å². The fourth-order valence-electron chi connectivity index (χ4n) is 4.29. The third kappa shape index (κ3) is 8.61. The minimum atomic E-state index is -0.709. The fraction of sp³-hybridized carbons (Fsp3) is 0.375. The second-order valence-electron chi connectivity index (χ2n) is 10.5. The lowest BCUT2D eigenvalue weighted by atomic mass is 9.99. The average molecular weight is 554 g/mol. The molecule has 0 spiro atoms. The van der Waals surface area contributed by atoms with Crippen LogP contribution in [0.25, 0.3) is 0 Å². The van der Waals surface area contributed by atoms with Crippen LogP contribution < -0.4 is 5.32 Å². The number of hydrogen-bond donors (Lipinski definition) is 1. The van der Waals surface area contributed by atoms with Gasteiger partial charge < -0.3 is 10.2 Å². The molecular weight excluding hydrogens is 515 g/mol. The summed E-state index contributed by atoms with van der Waals surface area (Å²) in [6.07, 6.45) is 1.24. The summed E-state index contributed by atoms with van der Waals surface area (Å²) in [6, 6.07) is 22.7. The maximum atomic E-state index is 13.9. The highest BCUT2D eigenvalue weighted by Gasteiger charge is 2.31. The molecule has 3 aromatic rings. The monoisotopic (exact) mass is 552 g/mol. The van der Waals surface area contributed by atoms with Crippen molar-refractivity contribution in [2.24, 2.45) is 5.92 Å². The van der Waals surface area contributed by atoms with Gasteiger partial charge in [0.25, 0.3) is 0 Å². The summed E-state index contributed by atoms with van der Waals surface area (Å²) in [7, 11) is 0. The normalized spacial score (nSPS) is 12.0. The standard InChI is InChI=1S/C32H38Cl2N2O2/c1-22(2)20-35-32(38)30(19-25-9-6-5-7-10-25)36(21-27-28(33)11-8-12-29(27)34)31(37)18-15-24-13-16-26(17-14-24)23(3)4/h5-14,16-17,22-23,30H,15,18-21H2,1-4H3,(H,35,38)/t30-/m1/s1. The minimum absolute atomic E-state index is 0.116. The second kappa shape index (κ2) is 14.4.